The van der Waals surface area contributed by atoms with Gasteiger partial charge in [0.15, 0.2) is 0 Å². The van der Waals surface area contributed by atoms with E-state index in [0.717, 1.165) is 61.4 Å². The predicted molar refractivity (Wildman–Crippen MR) is 299 cm³/mol. The lowest BCUT2D eigenvalue weighted by Gasteiger charge is -2.26. The SMILES string of the molecule is c1ccc2c(c1)ccc1cc(-c3ccc(N(c4ccc(-c5ccc(-c6ccc(-n7c8ccccc8c8ccccc87)cc6)cc5)cc4)c4ccc(-c5cccc6oc7ccccc7c56)cc4)cc3)ccc12. The van der Waals surface area contributed by atoms with Crippen molar-refractivity contribution < 1.29 is 4.42 Å². The minimum absolute atomic E-state index is 0.897. The molecule has 14 rings (SSSR count). The fraction of sp³-hybridized carbons (Fsp3) is 0. The van der Waals surface area contributed by atoms with Crippen molar-refractivity contribution in [2.75, 3.05) is 4.90 Å². The molecule has 0 bridgehead atoms. The smallest absolute Gasteiger partial charge is 0.136 e. The van der Waals surface area contributed by atoms with Gasteiger partial charge in [0.1, 0.15) is 11.2 Å². The van der Waals surface area contributed by atoms with Gasteiger partial charge in [0.25, 0.3) is 0 Å². The van der Waals surface area contributed by atoms with Gasteiger partial charge in [-0.1, -0.05) is 188 Å². The second-order valence-electron chi connectivity index (χ2n) is 18.5. The summed E-state index contributed by atoms with van der Waals surface area (Å²) in [5, 5.41) is 9.87. The molecule has 0 aliphatic carbocycles. The monoisotopic (exact) mass is 904 g/mol. The average molecular weight is 905 g/mol. The summed E-state index contributed by atoms with van der Waals surface area (Å²) in [6.07, 6.45) is 0. The molecule has 14 aromatic rings. The first-order valence-electron chi connectivity index (χ1n) is 24.3. The van der Waals surface area contributed by atoms with Gasteiger partial charge < -0.3 is 13.9 Å². The zero-order valence-corrected chi connectivity index (χ0v) is 38.7. The van der Waals surface area contributed by atoms with Crippen molar-refractivity contribution in [2.45, 2.75) is 0 Å². The van der Waals surface area contributed by atoms with Gasteiger partial charge in [-0.05, 0) is 145 Å². The maximum absolute atomic E-state index is 6.27. The number of hydrogen-bond donors (Lipinski definition) is 0. The number of hydrogen-bond acceptors (Lipinski definition) is 2. The molecular weight excluding hydrogens is 861 g/mol. The van der Waals surface area contributed by atoms with E-state index in [1.165, 1.54) is 71.2 Å². The number of furan rings is 1. The first kappa shape index (κ1) is 40.6. The van der Waals surface area contributed by atoms with Gasteiger partial charge >= 0.3 is 0 Å². The van der Waals surface area contributed by atoms with E-state index in [1.54, 1.807) is 0 Å². The molecular formula is C68H44N2O. The lowest BCUT2D eigenvalue weighted by atomic mass is 9.97. The molecule has 3 nitrogen and oxygen atoms in total. The number of fused-ring (bicyclic) bond motifs is 9. The highest BCUT2D eigenvalue weighted by atomic mass is 16.3. The van der Waals surface area contributed by atoms with Crippen LogP contribution in [0.5, 0.6) is 0 Å². The summed E-state index contributed by atoms with van der Waals surface area (Å²) in [4.78, 5) is 2.35. The summed E-state index contributed by atoms with van der Waals surface area (Å²) in [5.41, 5.74) is 18.0. The van der Waals surface area contributed by atoms with Crippen LogP contribution in [0.1, 0.15) is 0 Å². The van der Waals surface area contributed by atoms with Gasteiger partial charge in [0.2, 0.25) is 0 Å². The molecule has 0 saturated carbocycles. The largest absolute Gasteiger partial charge is 0.456 e. The van der Waals surface area contributed by atoms with Crippen molar-refractivity contribution in [3.8, 4) is 50.2 Å². The Bertz CT molecular complexity index is 4240. The average Bonchev–Trinajstić information content (AvgIpc) is 4.00. The van der Waals surface area contributed by atoms with Crippen LogP contribution in [0, 0.1) is 0 Å². The summed E-state index contributed by atoms with van der Waals surface area (Å²) in [7, 11) is 0. The van der Waals surface area contributed by atoms with Crippen molar-refractivity contribution in [1.29, 1.82) is 0 Å². The first-order chi connectivity index (χ1) is 35.2. The minimum Gasteiger partial charge on any atom is -0.456 e. The van der Waals surface area contributed by atoms with Gasteiger partial charge in [-0.3, -0.25) is 0 Å². The quantitative estimate of drug-likeness (QED) is 0.142. The highest BCUT2D eigenvalue weighted by Gasteiger charge is 2.17. The minimum atomic E-state index is 0.897. The third-order valence-corrected chi connectivity index (χ3v) is 14.4. The highest BCUT2D eigenvalue weighted by Crippen LogP contribution is 2.41. The zero-order valence-electron chi connectivity index (χ0n) is 38.7. The third kappa shape index (κ3) is 6.97. The molecule has 0 saturated heterocycles. The van der Waals surface area contributed by atoms with Crippen LogP contribution in [0.3, 0.4) is 0 Å². The van der Waals surface area contributed by atoms with Crippen LogP contribution >= 0.6 is 0 Å². The van der Waals surface area contributed by atoms with Crippen LogP contribution in [-0.4, -0.2) is 4.57 Å². The van der Waals surface area contributed by atoms with Crippen LogP contribution in [0.25, 0.3) is 115 Å². The van der Waals surface area contributed by atoms with Crippen molar-refractivity contribution >= 4 is 82.4 Å². The van der Waals surface area contributed by atoms with E-state index >= 15 is 0 Å². The Morgan fingerprint density at radius 3 is 1.34 bits per heavy atom. The molecule has 0 aliphatic rings. The fourth-order valence-corrected chi connectivity index (χ4v) is 10.9. The van der Waals surface area contributed by atoms with E-state index in [9.17, 15) is 0 Å². The number of nitrogens with zero attached hydrogens (tertiary/aromatic N) is 2. The molecule has 12 aromatic carbocycles. The molecule has 0 atom stereocenters. The molecule has 0 amide bonds. The Kier molecular flexibility index (Phi) is 9.53. The molecule has 0 spiro atoms. The summed E-state index contributed by atoms with van der Waals surface area (Å²) in [6, 6.07) is 96.6. The van der Waals surface area contributed by atoms with Crippen molar-refractivity contribution in [3.63, 3.8) is 0 Å². The molecule has 2 heterocycles. The van der Waals surface area contributed by atoms with Crippen molar-refractivity contribution in [1.82, 2.24) is 4.57 Å². The highest BCUT2D eigenvalue weighted by molar-refractivity contribution is 6.13. The molecule has 71 heavy (non-hydrogen) atoms. The standard InChI is InChI=1S/C68H44N2O/c1-2-11-58-50(10-1)24-25-53-44-52(34-43-59(53)58)49-30-37-55(38-31-49)69(56-41-32-51(33-42-56)60-15-9-19-67-68(60)63-14-5-8-18-66(63)71-67)54-35-26-47(27-36-54)45-20-22-46(23-21-45)48-28-39-57(40-29-48)70-64-16-6-3-12-61(64)62-13-4-7-17-65(62)70/h1-44H. The maximum atomic E-state index is 6.27. The summed E-state index contributed by atoms with van der Waals surface area (Å²) in [5.74, 6) is 0. The van der Waals surface area contributed by atoms with E-state index in [2.05, 4.69) is 264 Å². The topological polar surface area (TPSA) is 21.3 Å². The Morgan fingerprint density at radius 2 is 0.718 bits per heavy atom. The van der Waals surface area contributed by atoms with Crippen molar-refractivity contribution in [2.24, 2.45) is 0 Å². The molecule has 0 aliphatic heterocycles. The zero-order chi connectivity index (χ0) is 46.8. The Balaban J connectivity index is 0.781. The molecule has 0 fully saturated rings. The second kappa shape index (κ2) is 16.7. The van der Waals surface area contributed by atoms with Crippen LogP contribution in [0.15, 0.2) is 271 Å². The number of anilines is 3. The lowest BCUT2D eigenvalue weighted by Crippen LogP contribution is -2.09. The van der Waals surface area contributed by atoms with Crippen LogP contribution in [0.2, 0.25) is 0 Å². The van der Waals surface area contributed by atoms with Crippen LogP contribution in [0.4, 0.5) is 17.1 Å². The summed E-state index contributed by atoms with van der Waals surface area (Å²) < 4.78 is 8.63. The normalized spacial score (nSPS) is 11.7. The van der Waals surface area contributed by atoms with Gasteiger partial charge in [-0.2, -0.15) is 0 Å². The summed E-state index contributed by atoms with van der Waals surface area (Å²) >= 11 is 0. The third-order valence-electron chi connectivity index (χ3n) is 14.4. The fourth-order valence-electron chi connectivity index (χ4n) is 10.9. The number of para-hydroxylation sites is 3. The molecule has 0 unspecified atom stereocenters. The van der Waals surface area contributed by atoms with E-state index in [0.29, 0.717) is 0 Å². The van der Waals surface area contributed by atoms with Gasteiger partial charge in [-0.25, -0.2) is 0 Å². The molecule has 2 aromatic heterocycles. The predicted octanol–water partition coefficient (Wildman–Crippen LogP) is 19.1. The number of aromatic nitrogens is 1. The summed E-state index contributed by atoms with van der Waals surface area (Å²) in [6.45, 7) is 0. The molecule has 0 radical (unpaired) electrons. The van der Waals surface area contributed by atoms with Crippen molar-refractivity contribution in [3.05, 3.63) is 267 Å². The molecule has 3 heteroatoms. The first-order valence-corrected chi connectivity index (χ1v) is 24.3. The van der Waals surface area contributed by atoms with E-state index in [-0.39, 0.29) is 0 Å². The van der Waals surface area contributed by atoms with E-state index in [4.69, 9.17) is 4.42 Å². The Labute approximate surface area is 411 Å². The molecule has 0 N–H and O–H groups in total. The number of benzene rings is 12. The number of rotatable bonds is 8. The Hall–Kier alpha value is -9.44. The second-order valence-corrected chi connectivity index (χ2v) is 18.5. The Morgan fingerprint density at radius 1 is 0.282 bits per heavy atom. The van der Waals surface area contributed by atoms with E-state index in [1.807, 2.05) is 12.1 Å². The van der Waals surface area contributed by atoms with E-state index < -0.39 is 0 Å². The lowest BCUT2D eigenvalue weighted by molar-refractivity contribution is 0.669. The van der Waals surface area contributed by atoms with Crippen LogP contribution < -0.4 is 4.90 Å². The molecule has 332 valence electrons. The maximum Gasteiger partial charge on any atom is 0.136 e. The van der Waals surface area contributed by atoms with Crippen LogP contribution in [-0.2, 0) is 0 Å². The van der Waals surface area contributed by atoms with Gasteiger partial charge in [0.05, 0.1) is 11.0 Å². The van der Waals surface area contributed by atoms with Gasteiger partial charge in [0, 0.05) is 44.3 Å². The van der Waals surface area contributed by atoms with Gasteiger partial charge in [-0.15, -0.1) is 0 Å².